The highest BCUT2D eigenvalue weighted by Gasteiger charge is 2.17. The van der Waals surface area contributed by atoms with Gasteiger partial charge in [-0.15, -0.1) is 11.3 Å². The van der Waals surface area contributed by atoms with Crippen molar-refractivity contribution in [3.05, 3.63) is 54.8 Å². The molecule has 0 radical (unpaired) electrons. The third kappa shape index (κ3) is 2.37. The van der Waals surface area contributed by atoms with Gasteiger partial charge in [0.2, 0.25) is 0 Å². The summed E-state index contributed by atoms with van der Waals surface area (Å²) in [5.41, 5.74) is 0.966. The first-order valence-corrected chi connectivity index (χ1v) is 6.92. The SMILES string of the molecule is OC(c1csc(Br)c1)c1cccc(Br)c1F. The first-order chi connectivity index (χ1) is 7.59. The second-order valence-electron chi connectivity index (χ2n) is 3.23. The van der Waals surface area contributed by atoms with Gasteiger partial charge in [0.25, 0.3) is 0 Å². The molecule has 0 amide bonds. The fraction of sp³-hybridized carbons (Fsp3) is 0.0909. The molecule has 84 valence electrons. The summed E-state index contributed by atoms with van der Waals surface area (Å²) in [6.07, 6.45) is -0.931. The lowest BCUT2D eigenvalue weighted by Crippen LogP contribution is -2.01. The Morgan fingerprint density at radius 3 is 2.69 bits per heavy atom. The van der Waals surface area contributed by atoms with Gasteiger partial charge in [0, 0.05) is 5.56 Å². The lowest BCUT2D eigenvalue weighted by molar-refractivity contribution is 0.215. The fourth-order valence-electron chi connectivity index (χ4n) is 1.38. The van der Waals surface area contributed by atoms with E-state index in [2.05, 4.69) is 31.9 Å². The van der Waals surface area contributed by atoms with Gasteiger partial charge in [0.1, 0.15) is 11.9 Å². The molecule has 2 rings (SSSR count). The molecule has 0 saturated heterocycles. The Bertz CT molecular complexity index is 512. The van der Waals surface area contributed by atoms with E-state index < -0.39 is 11.9 Å². The summed E-state index contributed by atoms with van der Waals surface area (Å²) in [7, 11) is 0. The molecule has 2 aromatic rings. The highest BCUT2D eigenvalue weighted by atomic mass is 79.9. The average molecular weight is 366 g/mol. The second kappa shape index (κ2) is 4.96. The van der Waals surface area contributed by atoms with Crippen molar-refractivity contribution >= 4 is 43.2 Å². The molecule has 1 unspecified atom stereocenters. The van der Waals surface area contributed by atoms with E-state index in [1.54, 1.807) is 29.6 Å². The molecule has 0 aliphatic rings. The van der Waals surface area contributed by atoms with Gasteiger partial charge < -0.3 is 5.11 Å². The third-order valence-electron chi connectivity index (χ3n) is 2.18. The zero-order valence-electron chi connectivity index (χ0n) is 7.95. The molecule has 1 atom stereocenters. The van der Waals surface area contributed by atoms with Crippen molar-refractivity contribution in [2.45, 2.75) is 6.10 Å². The number of benzene rings is 1. The normalized spacial score (nSPS) is 12.8. The van der Waals surface area contributed by atoms with Gasteiger partial charge in [0.15, 0.2) is 0 Å². The van der Waals surface area contributed by atoms with Crippen molar-refractivity contribution in [3.8, 4) is 0 Å². The maximum atomic E-state index is 13.7. The van der Waals surface area contributed by atoms with Crippen LogP contribution in [0.25, 0.3) is 0 Å². The maximum Gasteiger partial charge on any atom is 0.143 e. The molecule has 0 saturated carbocycles. The Morgan fingerprint density at radius 1 is 1.31 bits per heavy atom. The Labute approximate surface area is 113 Å². The highest BCUT2D eigenvalue weighted by Crippen LogP contribution is 2.32. The van der Waals surface area contributed by atoms with E-state index >= 15 is 0 Å². The predicted octanol–water partition coefficient (Wildman–Crippen LogP) is 4.49. The van der Waals surface area contributed by atoms with Crippen molar-refractivity contribution in [2.75, 3.05) is 0 Å². The third-order valence-corrected chi connectivity index (χ3v) is 4.31. The molecule has 1 heterocycles. The molecule has 1 nitrogen and oxygen atoms in total. The van der Waals surface area contributed by atoms with Crippen LogP contribution in [0.4, 0.5) is 4.39 Å². The van der Waals surface area contributed by atoms with E-state index in [1.165, 1.54) is 11.3 Å². The van der Waals surface area contributed by atoms with Crippen molar-refractivity contribution in [3.63, 3.8) is 0 Å². The summed E-state index contributed by atoms with van der Waals surface area (Å²) in [6.45, 7) is 0. The molecule has 16 heavy (non-hydrogen) atoms. The number of aliphatic hydroxyl groups excluding tert-OH is 1. The quantitative estimate of drug-likeness (QED) is 0.831. The molecule has 0 aliphatic heterocycles. The molecule has 0 bridgehead atoms. The number of aliphatic hydroxyl groups is 1. The summed E-state index contributed by atoms with van der Waals surface area (Å²) in [5.74, 6) is -0.419. The van der Waals surface area contributed by atoms with Gasteiger partial charge in [0.05, 0.1) is 8.26 Å². The van der Waals surface area contributed by atoms with E-state index in [9.17, 15) is 9.50 Å². The summed E-state index contributed by atoms with van der Waals surface area (Å²) in [4.78, 5) is 0. The summed E-state index contributed by atoms with van der Waals surface area (Å²) in [5, 5.41) is 11.8. The van der Waals surface area contributed by atoms with Gasteiger partial charge in [-0.1, -0.05) is 12.1 Å². The van der Waals surface area contributed by atoms with Crippen molar-refractivity contribution < 1.29 is 9.50 Å². The first-order valence-electron chi connectivity index (χ1n) is 4.45. The van der Waals surface area contributed by atoms with E-state index in [4.69, 9.17) is 0 Å². The smallest absolute Gasteiger partial charge is 0.143 e. The topological polar surface area (TPSA) is 20.2 Å². The minimum Gasteiger partial charge on any atom is -0.384 e. The number of hydrogen-bond donors (Lipinski definition) is 1. The van der Waals surface area contributed by atoms with Gasteiger partial charge in [-0.3, -0.25) is 0 Å². The molecule has 1 aromatic carbocycles. The van der Waals surface area contributed by atoms with Gasteiger partial charge in [-0.25, -0.2) is 4.39 Å². The zero-order chi connectivity index (χ0) is 11.7. The van der Waals surface area contributed by atoms with Gasteiger partial charge in [-0.2, -0.15) is 0 Å². The van der Waals surface area contributed by atoms with Crippen LogP contribution in [0.1, 0.15) is 17.2 Å². The Morgan fingerprint density at radius 2 is 2.06 bits per heavy atom. The Hall–Kier alpha value is -0.230. The predicted molar refractivity (Wildman–Crippen MR) is 70.2 cm³/mol. The van der Waals surface area contributed by atoms with Gasteiger partial charge in [-0.05, 0) is 54.9 Å². The molecular formula is C11H7Br2FOS. The van der Waals surface area contributed by atoms with Gasteiger partial charge >= 0.3 is 0 Å². The monoisotopic (exact) mass is 364 g/mol. The molecular weight excluding hydrogens is 359 g/mol. The fourth-order valence-corrected chi connectivity index (χ4v) is 2.95. The van der Waals surface area contributed by atoms with E-state index in [0.717, 1.165) is 3.79 Å². The van der Waals surface area contributed by atoms with Crippen LogP contribution in [0, 0.1) is 5.82 Å². The number of thiophene rings is 1. The summed E-state index contributed by atoms with van der Waals surface area (Å²) in [6, 6.07) is 6.67. The Kier molecular flexibility index (Phi) is 3.79. The van der Waals surface area contributed by atoms with Crippen LogP contribution in [-0.2, 0) is 0 Å². The molecule has 1 aromatic heterocycles. The van der Waals surface area contributed by atoms with Crippen LogP contribution in [0.15, 0.2) is 37.9 Å². The standard InChI is InChI=1S/C11H7Br2FOS/c12-8-3-1-2-7(10(8)14)11(15)6-4-9(13)16-5-6/h1-5,11,15H. The average Bonchev–Trinajstić information content (AvgIpc) is 2.68. The van der Waals surface area contributed by atoms with Crippen molar-refractivity contribution in [1.82, 2.24) is 0 Å². The minimum atomic E-state index is -0.931. The van der Waals surface area contributed by atoms with Crippen LogP contribution in [0.2, 0.25) is 0 Å². The molecule has 0 fully saturated rings. The Balaban J connectivity index is 2.41. The minimum absolute atomic E-state index is 0.277. The van der Waals surface area contributed by atoms with E-state index in [-0.39, 0.29) is 5.56 Å². The maximum absolute atomic E-state index is 13.7. The molecule has 0 aliphatic carbocycles. The zero-order valence-corrected chi connectivity index (χ0v) is 11.9. The van der Waals surface area contributed by atoms with Crippen LogP contribution in [-0.4, -0.2) is 5.11 Å². The lowest BCUT2D eigenvalue weighted by atomic mass is 10.0. The highest BCUT2D eigenvalue weighted by molar-refractivity contribution is 9.11. The second-order valence-corrected chi connectivity index (χ2v) is 6.37. The van der Waals surface area contributed by atoms with Crippen molar-refractivity contribution in [2.24, 2.45) is 0 Å². The number of halogens is 3. The molecule has 5 heteroatoms. The molecule has 0 spiro atoms. The van der Waals surface area contributed by atoms with Crippen LogP contribution in [0.5, 0.6) is 0 Å². The summed E-state index contributed by atoms with van der Waals surface area (Å²) >= 11 is 7.87. The van der Waals surface area contributed by atoms with Crippen molar-refractivity contribution in [1.29, 1.82) is 0 Å². The number of rotatable bonds is 2. The first kappa shape index (κ1) is 12.2. The van der Waals surface area contributed by atoms with E-state index in [0.29, 0.717) is 10.0 Å². The largest absolute Gasteiger partial charge is 0.384 e. The van der Waals surface area contributed by atoms with Crippen LogP contribution < -0.4 is 0 Å². The lowest BCUT2D eigenvalue weighted by Gasteiger charge is -2.11. The molecule has 1 N–H and O–H groups in total. The number of hydrogen-bond acceptors (Lipinski definition) is 2. The van der Waals surface area contributed by atoms with Crippen LogP contribution >= 0.6 is 43.2 Å². The van der Waals surface area contributed by atoms with Crippen LogP contribution in [0.3, 0.4) is 0 Å². The van der Waals surface area contributed by atoms with E-state index in [1.807, 2.05) is 0 Å². The summed E-state index contributed by atoms with van der Waals surface area (Å²) < 4.78 is 15.0.